The van der Waals surface area contributed by atoms with Gasteiger partial charge in [-0.2, -0.15) is 0 Å². The zero-order chi connectivity index (χ0) is 13.9. The lowest BCUT2D eigenvalue weighted by atomic mass is 9.98. The van der Waals surface area contributed by atoms with E-state index in [-0.39, 0.29) is 5.92 Å². The third-order valence-electron chi connectivity index (χ3n) is 4.82. The van der Waals surface area contributed by atoms with Crippen molar-refractivity contribution in [2.24, 2.45) is 5.92 Å². The second-order valence-electron chi connectivity index (χ2n) is 6.16. The lowest BCUT2D eigenvalue weighted by Crippen LogP contribution is -2.43. The predicted molar refractivity (Wildman–Crippen MR) is 80.5 cm³/mol. The van der Waals surface area contributed by atoms with Crippen LogP contribution in [0.3, 0.4) is 0 Å². The first-order valence-electron chi connectivity index (χ1n) is 7.83. The molecule has 1 aromatic carbocycles. The molecule has 1 aromatic rings. The van der Waals surface area contributed by atoms with E-state index in [1.54, 1.807) is 0 Å². The number of rotatable bonds is 3. The van der Waals surface area contributed by atoms with Gasteiger partial charge in [-0.3, -0.25) is 4.79 Å². The molecule has 2 fully saturated rings. The number of hydrogen-bond donors (Lipinski definition) is 1. The first-order chi connectivity index (χ1) is 9.75. The summed E-state index contributed by atoms with van der Waals surface area (Å²) in [5, 5.41) is 3.39. The minimum atomic E-state index is 0.186. The molecule has 2 aliphatic heterocycles. The number of nitrogens with zero attached hydrogens (tertiary/aromatic N) is 1. The van der Waals surface area contributed by atoms with Gasteiger partial charge in [0.15, 0.2) is 0 Å². The summed E-state index contributed by atoms with van der Waals surface area (Å²) in [6, 6.07) is 11.3. The van der Waals surface area contributed by atoms with Gasteiger partial charge in [-0.05, 0) is 44.7 Å². The van der Waals surface area contributed by atoms with E-state index in [0.717, 1.165) is 38.8 Å². The van der Waals surface area contributed by atoms with Gasteiger partial charge in [-0.25, -0.2) is 0 Å². The maximum absolute atomic E-state index is 12.7. The van der Waals surface area contributed by atoms with Gasteiger partial charge >= 0.3 is 0 Å². The standard InChI is InChI=1S/C17H24N2O/c1-13-16(9-10-18-13)17(20)19-11-5-8-15(19)12-14-6-3-2-4-7-14/h2-4,6-7,13,15-16,18H,5,8-12H2,1H3. The number of likely N-dealkylation sites (tertiary alicyclic amines) is 1. The third kappa shape index (κ3) is 2.73. The quantitative estimate of drug-likeness (QED) is 0.915. The summed E-state index contributed by atoms with van der Waals surface area (Å²) >= 11 is 0. The van der Waals surface area contributed by atoms with Gasteiger partial charge in [-0.15, -0.1) is 0 Å². The van der Waals surface area contributed by atoms with Crippen LogP contribution in [0.25, 0.3) is 0 Å². The number of benzene rings is 1. The molecule has 3 atom stereocenters. The molecule has 0 aliphatic carbocycles. The zero-order valence-corrected chi connectivity index (χ0v) is 12.2. The lowest BCUT2D eigenvalue weighted by Gasteiger charge is -2.29. The molecule has 2 aliphatic rings. The molecule has 3 nitrogen and oxygen atoms in total. The van der Waals surface area contributed by atoms with E-state index in [9.17, 15) is 4.79 Å². The molecule has 2 saturated heterocycles. The number of hydrogen-bond acceptors (Lipinski definition) is 2. The Morgan fingerprint density at radius 1 is 1.30 bits per heavy atom. The summed E-state index contributed by atoms with van der Waals surface area (Å²) in [5.74, 6) is 0.562. The monoisotopic (exact) mass is 272 g/mol. The van der Waals surface area contributed by atoms with Crippen LogP contribution in [0.2, 0.25) is 0 Å². The van der Waals surface area contributed by atoms with Crippen molar-refractivity contribution in [3.05, 3.63) is 35.9 Å². The number of carbonyl (C=O) groups is 1. The smallest absolute Gasteiger partial charge is 0.227 e. The molecule has 3 unspecified atom stereocenters. The van der Waals surface area contributed by atoms with Crippen LogP contribution in [-0.2, 0) is 11.2 Å². The summed E-state index contributed by atoms with van der Waals surface area (Å²) in [7, 11) is 0. The number of carbonyl (C=O) groups excluding carboxylic acids is 1. The predicted octanol–water partition coefficient (Wildman–Crippen LogP) is 2.22. The molecular formula is C17H24N2O. The zero-order valence-electron chi connectivity index (χ0n) is 12.2. The molecule has 1 amide bonds. The highest BCUT2D eigenvalue weighted by molar-refractivity contribution is 5.80. The van der Waals surface area contributed by atoms with Crippen molar-refractivity contribution < 1.29 is 4.79 Å². The Balaban J connectivity index is 1.67. The third-order valence-corrected chi connectivity index (χ3v) is 4.82. The molecule has 0 aromatic heterocycles. The van der Waals surface area contributed by atoms with Gasteiger partial charge in [0.05, 0.1) is 5.92 Å². The minimum absolute atomic E-state index is 0.186. The second kappa shape index (κ2) is 5.96. The van der Waals surface area contributed by atoms with Gasteiger partial charge in [0.1, 0.15) is 0 Å². The van der Waals surface area contributed by atoms with E-state index in [2.05, 4.69) is 41.4 Å². The van der Waals surface area contributed by atoms with Gasteiger partial charge in [0.2, 0.25) is 5.91 Å². The number of nitrogens with one attached hydrogen (secondary N) is 1. The highest BCUT2D eigenvalue weighted by Crippen LogP contribution is 2.26. The Morgan fingerprint density at radius 2 is 2.10 bits per heavy atom. The van der Waals surface area contributed by atoms with Crippen LogP contribution in [0, 0.1) is 5.92 Å². The van der Waals surface area contributed by atoms with Crippen LogP contribution in [0.1, 0.15) is 31.7 Å². The van der Waals surface area contributed by atoms with Gasteiger partial charge < -0.3 is 10.2 Å². The average molecular weight is 272 g/mol. The Labute approximate surface area is 121 Å². The van der Waals surface area contributed by atoms with Crippen LogP contribution in [-0.4, -0.2) is 36.0 Å². The molecule has 3 rings (SSSR count). The average Bonchev–Trinajstić information content (AvgIpc) is 3.08. The molecule has 0 radical (unpaired) electrons. The van der Waals surface area contributed by atoms with Crippen molar-refractivity contribution in [2.45, 2.75) is 44.7 Å². The van der Waals surface area contributed by atoms with E-state index < -0.39 is 0 Å². The summed E-state index contributed by atoms with van der Waals surface area (Å²) in [5.41, 5.74) is 1.34. The number of amides is 1. The van der Waals surface area contributed by atoms with E-state index in [1.807, 2.05) is 6.07 Å². The molecule has 1 N–H and O–H groups in total. The van der Waals surface area contributed by atoms with Crippen LogP contribution in [0.15, 0.2) is 30.3 Å². The maximum atomic E-state index is 12.7. The van der Waals surface area contributed by atoms with Crippen LogP contribution < -0.4 is 5.32 Å². The highest BCUT2D eigenvalue weighted by Gasteiger charge is 2.37. The van der Waals surface area contributed by atoms with Gasteiger partial charge in [0.25, 0.3) is 0 Å². The Bertz CT molecular complexity index is 459. The first-order valence-corrected chi connectivity index (χ1v) is 7.83. The fraction of sp³-hybridized carbons (Fsp3) is 0.588. The fourth-order valence-corrected chi connectivity index (χ4v) is 3.63. The second-order valence-corrected chi connectivity index (χ2v) is 6.16. The van der Waals surface area contributed by atoms with Crippen molar-refractivity contribution in [2.75, 3.05) is 13.1 Å². The van der Waals surface area contributed by atoms with E-state index in [4.69, 9.17) is 0 Å². The van der Waals surface area contributed by atoms with Crippen molar-refractivity contribution in [3.8, 4) is 0 Å². The minimum Gasteiger partial charge on any atom is -0.339 e. The molecule has 0 spiro atoms. The fourth-order valence-electron chi connectivity index (χ4n) is 3.63. The van der Waals surface area contributed by atoms with Crippen LogP contribution in [0.5, 0.6) is 0 Å². The molecule has 0 saturated carbocycles. The van der Waals surface area contributed by atoms with Crippen molar-refractivity contribution in [1.29, 1.82) is 0 Å². The van der Waals surface area contributed by atoms with Crippen LogP contribution in [0.4, 0.5) is 0 Å². The molecule has 20 heavy (non-hydrogen) atoms. The highest BCUT2D eigenvalue weighted by atomic mass is 16.2. The Morgan fingerprint density at radius 3 is 2.80 bits per heavy atom. The topological polar surface area (TPSA) is 32.3 Å². The molecule has 3 heteroatoms. The van der Waals surface area contributed by atoms with Crippen molar-refractivity contribution in [3.63, 3.8) is 0 Å². The Kier molecular flexibility index (Phi) is 4.06. The van der Waals surface area contributed by atoms with Gasteiger partial charge in [0, 0.05) is 18.6 Å². The van der Waals surface area contributed by atoms with E-state index in [0.29, 0.717) is 18.0 Å². The molecular weight excluding hydrogens is 248 g/mol. The first kappa shape index (κ1) is 13.6. The SMILES string of the molecule is CC1NCCC1C(=O)N1CCCC1Cc1ccccc1. The van der Waals surface area contributed by atoms with Gasteiger partial charge in [-0.1, -0.05) is 30.3 Å². The summed E-state index contributed by atoms with van der Waals surface area (Å²) in [6.45, 7) is 4.06. The summed E-state index contributed by atoms with van der Waals surface area (Å²) in [4.78, 5) is 14.9. The maximum Gasteiger partial charge on any atom is 0.227 e. The molecule has 2 heterocycles. The molecule has 108 valence electrons. The van der Waals surface area contributed by atoms with Crippen molar-refractivity contribution in [1.82, 2.24) is 10.2 Å². The van der Waals surface area contributed by atoms with Crippen molar-refractivity contribution >= 4 is 5.91 Å². The normalized spacial score (nSPS) is 29.9. The summed E-state index contributed by atoms with van der Waals surface area (Å²) in [6.07, 6.45) is 4.29. The molecule has 0 bridgehead atoms. The van der Waals surface area contributed by atoms with E-state index in [1.165, 1.54) is 5.56 Å². The largest absolute Gasteiger partial charge is 0.339 e. The summed E-state index contributed by atoms with van der Waals surface area (Å²) < 4.78 is 0. The lowest BCUT2D eigenvalue weighted by molar-refractivity contribution is -0.136. The van der Waals surface area contributed by atoms with Crippen LogP contribution >= 0.6 is 0 Å². The Hall–Kier alpha value is -1.35. The van der Waals surface area contributed by atoms with E-state index >= 15 is 0 Å².